The Labute approximate surface area is 102 Å². The number of piperidine rings is 1. The van der Waals surface area contributed by atoms with Crippen molar-refractivity contribution in [3.05, 3.63) is 17.5 Å². The number of aromatic nitrogens is 2. The van der Waals surface area contributed by atoms with Crippen LogP contribution in [-0.4, -0.2) is 28.4 Å². The van der Waals surface area contributed by atoms with Crippen molar-refractivity contribution < 1.29 is 0 Å². The predicted octanol–water partition coefficient (Wildman–Crippen LogP) is 2.55. The zero-order valence-electron chi connectivity index (χ0n) is 10.1. The van der Waals surface area contributed by atoms with Crippen molar-refractivity contribution in [1.29, 1.82) is 0 Å². The number of alkyl halides is 1. The lowest BCUT2D eigenvalue weighted by Gasteiger charge is -2.34. The van der Waals surface area contributed by atoms with Crippen molar-refractivity contribution in [2.75, 3.05) is 18.0 Å². The fraction of sp³-hybridized carbons (Fsp3) is 0.667. The zero-order chi connectivity index (χ0) is 11.7. The molecule has 1 aliphatic rings. The number of nitrogens with zero attached hydrogens (tertiary/aromatic N) is 3. The van der Waals surface area contributed by atoms with E-state index in [0.29, 0.717) is 11.3 Å². The largest absolute Gasteiger partial charge is 0.340 e. The van der Waals surface area contributed by atoms with Crippen LogP contribution in [0.25, 0.3) is 0 Å². The summed E-state index contributed by atoms with van der Waals surface area (Å²) in [5, 5.41) is 0.294. The molecule has 2 atom stereocenters. The second-order valence-electron chi connectivity index (χ2n) is 4.68. The van der Waals surface area contributed by atoms with Crippen LogP contribution in [-0.2, 0) is 0 Å². The van der Waals surface area contributed by atoms with Crippen molar-refractivity contribution in [2.24, 2.45) is 5.92 Å². The maximum Gasteiger partial charge on any atom is 0.225 e. The monoisotopic (exact) mass is 239 g/mol. The topological polar surface area (TPSA) is 29.0 Å². The Kier molecular flexibility index (Phi) is 3.33. The minimum absolute atomic E-state index is 0.294. The Morgan fingerprint density at radius 2 is 1.94 bits per heavy atom. The van der Waals surface area contributed by atoms with Crippen molar-refractivity contribution in [1.82, 2.24) is 9.97 Å². The summed E-state index contributed by atoms with van der Waals surface area (Å²) in [5.74, 6) is 1.35. The Hall–Kier alpha value is -0.830. The number of hydrogen-bond donors (Lipinski definition) is 0. The minimum atomic E-state index is 0.294. The lowest BCUT2D eigenvalue weighted by atomic mass is 10.00. The van der Waals surface area contributed by atoms with Crippen molar-refractivity contribution in [3.63, 3.8) is 0 Å². The molecule has 16 heavy (non-hydrogen) atoms. The molecule has 2 unspecified atom stereocenters. The summed E-state index contributed by atoms with van der Waals surface area (Å²) in [6.07, 6.45) is 1.01. The molecule has 0 bridgehead atoms. The average Bonchev–Trinajstić information content (AvgIpc) is 2.20. The van der Waals surface area contributed by atoms with Crippen LogP contribution in [0.3, 0.4) is 0 Å². The van der Waals surface area contributed by atoms with E-state index in [-0.39, 0.29) is 0 Å². The van der Waals surface area contributed by atoms with Gasteiger partial charge in [0.15, 0.2) is 0 Å². The molecule has 0 N–H and O–H groups in total. The van der Waals surface area contributed by atoms with Crippen LogP contribution in [0.2, 0.25) is 0 Å². The molecular weight excluding hydrogens is 222 g/mol. The number of anilines is 1. The predicted molar refractivity (Wildman–Crippen MR) is 67.1 cm³/mol. The Balaban J connectivity index is 2.18. The molecule has 0 radical (unpaired) electrons. The van der Waals surface area contributed by atoms with Gasteiger partial charge in [-0.2, -0.15) is 0 Å². The molecule has 2 heterocycles. The maximum absolute atomic E-state index is 6.21. The first-order valence-electron chi connectivity index (χ1n) is 5.77. The lowest BCUT2D eigenvalue weighted by Crippen LogP contribution is -2.40. The van der Waals surface area contributed by atoms with Crippen LogP contribution in [0, 0.1) is 19.8 Å². The smallest absolute Gasteiger partial charge is 0.225 e. The van der Waals surface area contributed by atoms with E-state index in [2.05, 4.69) is 21.8 Å². The Bertz CT molecular complexity index is 360. The van der Waals surface area contributed by atoms with E-state index < -0.39 is 0 Å². The summed E-state index contributed by atoms with van der Waals surface area (Å²) in [4.78, 5) is 11.2. The van der Waals surface area contributed by atoms with Gasteiger partial charge in [0.05, 0.1) is 0 Å². The first-order valence-corrected chi connectivity index (χ1v) is 6.21. The Morgan fingerprint density at radius 3 is 2.50 bits per heavy atom. The summed E-state index contributed by atoms with van der Waals surface area (Å²) in [6, 6.07) is 2.00. The highest BCUT2D eigenvalue weighted by molar-refractivity contribution is 6.20. The standard InChI is InChI=1S/C12H18ClN3/c1-8-7-16(5-4-11(8)13)12-14-9(2)6-10(3)15-12/h6,8,11H,4-5,7H2,1-3H3. The third kappa shape index (κ3) is 2.46. The molecule has 3 nitrogen and oxygen atoms in total. The highest BCUT2D eigenvalue weighted by Crippen LogP contribution is 2.24. The van der Waals surface area contributed by atoms with E-state index in [0.717, 1.165) is 36.8 Å². The molecule has 0 saturated carbocycles. The Morgan fingerprint density at radius 1 is 1.31 bits per heavy atom. The molecule has 2 rings (SSSR count). The van der Waals surface area contributed by atoms with E-state index in [9.17, 15) is 0 Å². The van der Waals surface area contributed by atoms with Gasteiger partial charge in [0, 0.05) is 29.9 Å². The van der Waals surface area contributed by atoms with Crippen LogP contribution in [0.4, 0.5) is 5.95 Å². The van der Waals surface area contributed by atoms with Gasteiger partial charge in [-0.05, 0) is 32.3 Å². The highest BCUT2D eigenvalue weighted by Gasteiger charge is 2.25. The van der Waals surface area contributed by atoms with Crippen molar-refractivity contribution in [2.45, 2.75) is 32.6 Å². The first-order chi connectivity index (χ1) is 7.56. The van der Waals surface area contributed by atoms with E-state index in [4.69, 9.17) is 11.6 Å². The van der Waals surface area contributed by atoms with E-state index in [1.807, 2.05) is 19.9 Å². The summed E-state index contributed by atoms with van der Waals surface area (Å²) in [6.45, 7) is 8.12. The second-order valence-corrected chi connectivity index (χ2v) is 5.24. The SMILES string of the molecule is Cc1cc(C)nc(N2CCC(Cl)C(C)C2)n1. The maximum atomic E-state index is 6.21. The molecule has 0 amide bonds. The van der Waals surface area contributed by atoms with Gasteiger partial charge in [0.25, 0.3) is 0 Å². The fourth-order valence-electron chi connectivity index (χ4n) is 2.15. The number of hydrogen-bond acceptors (Lipinski definition) is 3. The highest BCUT2D eigenvalue weighted by atomic mass is 35.5. The van der Waals surface area contributed by atoms with Gasteiger partial charge < -0.3 is 4.90 Å². The molecule has 1 aliphatic heterocycles. The molecule has 1 saturated heterocycles. The molecule has 0 spiro atoms. The number of aryl methyl sites for hydroxylation is 2. The van der Waals surface area contributed by atoms with Crippen LogP contribution in [0.5, 0.6) is 0 Å². The molecule has 1 fully saturated rings. The third-order valence-corrected chi connectivity index (χ3v) is 3.70. The van der Waals surface area contributed by atoms with Gasteiger partial charge in [0.2, 0.25) is 5.95 Å². The summed E-state index contributed by atoms with van der Waals surface area (Å²) in [7, 11) is 0. The van der Waals surface area contributed by atoms with Crippen LogP contribution in [0.1, 0.15) is 24.7 Å². The summed E-state index contributed by atoms with van der Waals surface area (Å²) in [5.41, 5.74) is 2.06. The summed E-state index contributed by atoms with van der Waals surface area (Å²) >= 11 is 6.21. The molecule has 4 heteroatoms. The van der Waals surface area contributed by atoms with Gasteiger partial charge in [-0.1, -0.05) is 6.92 Å². The normalized spacial score (nSPS) is 25.9. The third-order valence-electron chi connectivity index (χ3n) is 3.05. The minimum Gasteiger partial charge on any atom is -0.340 e. The molecule has 0 aromatic carbocycles. The lowest BCUT2D eigenvalue weighted by molar-refractivity contribution is 0.449. The van der Waals surface area contributed by atoms with Crippen molar-refractivity contribution >= 4 is 17.5 Å². The number of rotatable bonds is 1. The second kappa shape index (κ2) is 4.58. The van der Waals surface area contributed by atoms with Crippen LogP contribution < -0.4 is 4.90 Å². The van der Waals surface area contributed by atoms with Gasteiger partial charge in [-0.25, -0.2) is 9.97 Å². The van der Waals surface area contributed by atoms with Gasteiger partial charge in [-0.15, -0.1) is 11.6 Å². The van der Waals surface area contributed by atoms with Crippen LogP contribution >= 0.6 is 11.6 Å². The summed E-state index contributed by atoms with van der Waals surface area (Å²) < 4.78 is 0. The molecular formula is C12H18ClN3. The first kappa shape index (κ1) is 11.6. The zero-order valence-corrected chi connectivity index (χ0v) is 10.8. The van der Waals surface area contributed by atoms with Gasteiger partial charge >= 0.3 is 0 Å². The number of halogens is 1. The quantitative estimate of drug-likeness (QED) is 0.706. The van der Waals surface area contributed by atoms with Gasteiger partial charge in [0.1, 0.15) is 0 Å². The molecule has 1 aromatic heterocycles. The molecule has 0 aliphatic carbocycles. The van der Waals surface area contributed by atoms with Crippen molar-refractivity contribution in [3.8, 4) is 0 Å². The van der Waals surface area contributed by atoms with E-state index in [1.165, 1.54) is 0 Å². The average molecular weight is 240 g/mol. The molecule has 88 valence electrons. The van der Waals surface area contributed by atoms with Gasteiger partial charge in [-0.3, -0.25) is 0 Å². The van der Waals surface area contributed by atoms with Crippen LogP contribution in [0.15, 0.2) is 6.07 Å². The van der Waals surface area contributed by atoms with E-state index >= 15 is 0 Å². The van der Waals surface area contributed by atoms with E-state index in [1.54, 1.807) is 0 Å². The fourth-order valence-corrected chi connectivity index (χ4v) is 2.32. The molecule has 1 aromatic rings.